The molecule has 2 N–H and O–H groups in total. The highest BCUT2D eigenvalue weighted by molar-refractivity contribution is 7.83. The van der Waals surface area contributed by atoms with E-state index in [0.29, 0.717) is 15.6 Å². The molecule has 7 nitrogen and oxygen atoms in total. The minimum absolute atomic E-state index is 0.00657. The summed E-state index contributed by atoms with van der Waals surface area (Å²) in [5.74, 6) is 0.654. The van der Waals surface area contributed by atoms with Gasteiger partial charge in [-0.05, 0) is 24.4 Å². The van der Waals surface area contributed by atoms with E-state index in [2.05, 4.69) is 32.1 Å². The van der Waals surface area contributed by atoms with E-state index in [4.69, 9.17) is 27.5 Å². The number of hydrogen-bond donors (Lipinski definition) is 2. The van der Waals surface area contributed by atoms with Gasteiger partial charge in [0.15, 0.2) is 10.9 Å². The quantitative estimate of drug-likeness (QED) is 0.0621. The van der Waals surface area contributed by atoms with Gasteiger partial charge < -0.3 is 15.3 Å². The highest BCUT2D eigenvalue weighted by atomic mass is 32.2. The van der Waals surface area contributed by atoms with Crippen LogP contribution in [0.15, 0.2) is 119 Å². The van der Waals surface area contributed by atoms with Gasteiger partial charge in [0.25, 0.3) is 0 Å². The number of aromatic nitrogens is 3. The summed E-state index contributed by atoms with van der Waals surface area (Å²) in [7, 11) is 0. The third-order valence-electron chi connectivity index (χ3n) is 6.24. The van der Waals surface area contributed by atoms with Crippen molar-refractivity contribution in [2.75, 3.05) is 5.73 Å². The van der Waals surface area contributed by atoms with Crippen LogP contribution < -0.4 is 10.5 Å². The predicted molar refractivity (Wildman–Crippen MR) is 171 cm³/mol. The number of nitrogens with two attached hydrogens (primary N) is 1. The third-order valence-corrected chi connectivity index (χ3v) is 8.25. The molecule has 2 heterocycles. The molecule has 0 bridgehead atoms. The molecule has 0 aliphatic heterocycles. The van der Waals surface area contributed by atoms with E-state index in [9.17, 15) is 0 Å². The zero-order chi connectivity index (χ0) is 28.2. The summed E-state index contributed by atoms with van der Waals surface area (Å²) >= 11 is 12.6. The van der Waals surface area contributed by atoms with E-state index >= 15 is 0 Å². The van der Waals surface area contributed by atoms with E-state index in [0.717, 1.165) is 32.9 Å². The van der Waals surface area contributed by atoms with Gasteiger partial charge in [-0.15, -0.1) is 24.0 Å². The van der Waals surface area contributed by atoms with Gasteiger partial charge in [-0.3, -0.25) is 0 Å². The summed E-state index contributed by atoms with van der Waals surface area (Å²) in [6.45, 7) is 0. The molecule has 0 saturated carbocycles. The van der Waals surface area contributed by atoms with Crippen LogP contribution in [0.25, 0.3) is 10.2 Å². The van der Waals surface area contributed by atoms with Gasteiger partial charge in [0.05, 0.1) is 4.70 Å². The van der Waals surface area contributed by atoms with E-state index < -0.39 is 5.60 Å². The number of rotatable bonds is 8. The topological polar surface area (TPSA) is 95.5 Å². The minimum Gasteiger partial charge on any atom is -0.441 e. The lowest BCUT2D eigenvalue weighted by Gasteiger charge is -2.33. The van der Waals surface area contributed by atoms with Crippen molar-refractivity contribution >= 4 is 73.8 Å². The Labute approximate surface area is 254 Å². The maximum absolute atomic E-state index is 6.64. The largest absolute Gasteiger partial charge is 0.441 e. The van der Waals surface area contributed by atoms with E-state index in [-0.39, 0.29) is 21.7 Å². The molecule has 0 atom stereocenters. The number of para-hydroxylation sites is 1. The fourth-order valence-corrected chi connectivity index (χ4v) is 6.20. The second kappa shape index (κ2) is 11.8. The molecule has 202 valence electrons. The average Bonchev–Trinajstić information content (AvgIpc) is 3.62. The number of oxime groups is 1. The molecular weight excluding hydrogens is 591 g/mol. The van der Waals surface area contributed by atoms with Gasteiger partial charge >= 0.3 is 0 Å². The van der Waals surface area contributed by atoms with Gasteiger partial charge in [0.2, 0.25) is 22.2 Å². The van der Waals surface area contributed by atoms with Crippen molar-refractivity contribution in [3.8, 4) is 5.75 Å². The van der Waals surface area contributed by atoms with Gasteiger partial charge in [-0.2, -0.15) is 9.36 Å². The smallest absolute Gasteiger partial charge is 0.224 e. The molecule has 2 aromatic heterocycles. The second-order valence-electron chi connectivity index (χ2n) is 8.76. The predicted octanol–water partition coefficient (Wildman–Crippen LogP) is 7.14. The molecule has 11 heteroatoms. The number of hydrogen-bond acceptors (Lipinski definition) is 11. The van der Waals surface area contributed by atoms with Crippen LogP contribution in [0.3, 0.4) is 0 Å². The molecular formula is C30H21N5O2S4. The molecule has 0 fully saturated rings. The Morgan fingerprint density at radius 1 is 0.805 bits per heavy atom. The first-order chi connectivity index (χ1) is 20.0. The lowest BCUT2D eigenvalue weighted by Crippen LogP contribution is -2.32. The van der Waals surface area contributed by atoms with Crippen molar-refractivity contribution in [3.05, 3.63) is 132 Å². The Balaban J connectivity index is 1.50. The molecule has 0 aliphatic carbocycles. The van der Waals surface area contributed by atoms with Crippen LogP contribution in [0.2, 0.25) is 0 Å². The van der Waals surface area contributed by atoms with Gasteiger partial charge in [-0.1, -0.05) is 102 Å². The Morgan fingerprint density at radius 3 is 1.93 bits per heavy atom. The molecule has 0 unspecified atom stereocenters. The molecule has 0 saturated heterocycles. The second-order valence-corrected chi connectivity index (χ2v) is 11.7. The number of thiocarbonyl (C=S) groups is 1. The molecule has 0 radical (unpaired) electrons. The van der Waals surface area contributed by atoms with Crippen molar-refractivity contribution in [1.82, 2.24) is 14.3 Å². The number of benzene rings is 4. The van der Waals surface area contributed by atoms with E-state index in [1.165, 1.54) is 11.3 Å². The van der Waals surface area contributed by atoms with Crippen LogP contribution in [0.5, 0.6) is 5.75 Å². The zero-order valence-corrected chi connectivity index (χ0v) is 24.6. The molecule has 41 heavy (non-hydrogen) atoms. The van der Waals surface area contributed by atoms with Crippen LogP contribution in [0.1, 0.15) is 22.5 Å². The molecule has 6 aromatic rings. The molecule has 0 spiro atoms. The lowest BCUT2D eigenvalue weighted by atomic mass is 9.80. The summed E-state index contributed by atoms with van der Waals surface area (Å²) < 4.78 is 12.1. The van der Waals surface area contributed by atoms with E-state index in [1.807, 2.05) is 103 Å². The first-order valence-corrected chi connectivity index (χ1v) is 14.8. The number of fused-ring (bicyclic) bond motifs is 1. The Bertz CT molecular complexity index is 1740. The Hall–Kier alpha value is -4.16. The van der Waals surface area contributed by atoms with Gasteiger partial charge in [0, 0.05) is 28.2 Å². The van der Waals surface area contributed by atoms with Crippen LogP contribution >= 0.6 is 47.7 Å². The number of anilines is 1. The first kappa shape index (κ1) is 27.0. The SMILES string of the molecule is Nc1nc(/C(=N/OC(c2ccccc2)(c2ccccc2)c2ccccc2)C(=S)Oc2cccc3sc(S)nc23)ns1. The Kier molecular flexibility index (Phi) is 7.75. The summed E-state index contributed by atoms with van der Waals surface area (Å²) in [6, 6.07) is 35.2. The third kappa shape index (κ3) is 5.44. The summed E-state index contributed by atoms with van der Waals surface area (Å²) in [5.41, 5.74) is 8.18. The molecule has 0 aliphatic rings. The summed E-state index contributed by atoms with van der Waals surface area (Å²) in [4.78, 5) is 15.5. The summed E-state index contributed by atoms with van der Waals surface area (Å²) in [6.07, 6.45) is 0. The standard InChI is InChI=1S/C30H21N5O2S4/c31-28-33-26(35-41-28)25(27(38)36-22-17-10-18-23-24(22)32-29(39)40-23)34-37-30(19-11-4-1-5-12-19,20-13-6-2-7-14-20)21-15-8-3-9-16-21/h1-18H,(H,32,39)(H2,31,33,35)/b34-25-. The lowest BCUT2D eigenvalue weighted by molar-refractivity contribution is 0.0176. The van der Waals surface area contributed by atoms with Crippen molar-refractivity contribution < 1.29 is 9.57 Å². The highest BCUT2D eigenvalue weighted by Crippen LogP contribution is 2.41. The Morgan fingerprint density at radius 2 is 1.39 bits per heavy atom. The molecule has 6 rings (SSSR count). The maximum atomic E-state index is 6.64. The van der Waals surface area contributed by atoms with Crippen molar-refractivity contribution in [2.24, 2.45) is 5.16 Å². The summed E-state index contributed by atoms with van der Waals surface area (Å²) in [5, 5.41) is 4.90. The van der Waals surface area contributed by atoms with Gasteiger partial charge in [-0.25, -0.2) is 4.98 Å². The van der Waals surface area contributed by atoms with Crippen molar-refractivity contribution in [2.45, 2.75) is 9.94 Å². The number of nitrogens with zero attached hydrogens (tertiary/aromatic N) is 4. The molecule has 4 aromatic carbocycles. The van der Waals surface area contributed by atoms with E-state index in [1.54, 1.807) is 6.07 Å². The van der Waals surface area contributed by atoms with Crippen LogP contribution in [0, 0.1) is 0 Å². The van der Waals surface area contributed by atoms with Crippen LogP contribution in [-0.4, -0.2) is 25.1 Å². The zero-order valence-electron chi connectivity index (χ0n) is 21.2. The number of ether oxygens (including phenoxy) is 1. The normalized spacial score (nSPS) is 11.9. The molecule has 0 amide bonds. The van der Waals surface area contributed by atoms with Crippen LogP contribution in [-0.2, 0) is 10.4 Å². The monoisotopic (exact) mass is 611 g/mol. The van der Waals surface area contributed by atoms with Crippen molar-refractivity contribution in [1.29, 1.82) is 0 Å². The first-order valence-electron chi connectivity index (χ1n) is 12.4. The fraction of sp³-hybridized carbons (Fsp3) is 0.0333. The minimum atomic E-state index is -1.14. The van der Waals surface area contributed by atoms with Crippen molar-refractivity contribution in [3.63, 3.8) is 0 Å². The average molecular weight is 612 g/mol. The number of thiazole rings is 1. The number of nitrogen functional groups attached to an aromatic ring is 1. The van der Waals surface area contributed by atoms with Gasteiger partial charge in [0.1, 0.15) is 9.86 Å². The number of thiol groups is 1. The highest BCUT2D eigenvalue weighted by Gasteiger charge is 2.40. The van der Waals surface area contributed by atoms with Crippen LogP contribution in [0.4, 0.5) is 5.13 Å². The maximum Gasteiger partial charge on any atom is 0.224 e. The fourth-order valence-electron chi connectivity index (χ4n) is 4.43.